The number of halogens is 3. The lowest BCUT2D eigenvalue weighted by Gasteiger charge is -2.28. The van der Waals surface area contributed by atoms with E-state index < -0.39 is 18.0 Å². The molecule has 1 aliphatic heterocycles. The number of nitrogens with zero attached hydrogens (tertiary/aromatic N) is 1. The van der Waals surface area contributed by atoms with Crippen LogP contribution in [-0.4, -0.2) is 11.3 Å². The Hall–Kier alpha value is -2.01. The van der Waals surface area contributed by atoms with Gasteiger partial charge in [-0.25, -0.2) is 0 Å². The van der Waals surface area contributed by atoms with E-state index in [-0.39, 0.29) is 0 Å². The third kappa shape index (κ3) is 3.11. The van der Waals surface area contributed by atoms with Gasteiger partial charge in [0.05, 0.1) is 5.56 Å². The van der Waals surface area contributed by atoms with E-state index in [2.05, 4.69) is 0 Å². The number of aliphatic hydroxyl groups excluding tert-OH is 1. The molecule has 0 radical (unpaired) electrons. The summed E-state index contributed by atoms with van der Waals surface area (Å²) in [7, 11) is 0. The fourth-order valence-corrected chi connectivity index (χ4v) is 1.91. The predicted molar refractivity (Wildman–Crippen MR) is 72.0 cm³/mol. The van der Waals surface area contributed by atoms with Crippen LogP contribution in [0.3, 0.4) is 0 Å². The van der Waals surface area contributed by atoms with Crippen molar-refractivity contribution in [2.24, 2.45) is 0 Å². The van der Waals surface area contributed by atoms with E-state index in [0.29, 0.717) is 5.69 Å². The molecule has 1 aromatic rings. The number of aliphatic hydroxyl groups is 1. The second-order valence-electron chi connectivity index (χ2n) is 4.35. The molecular weight excluding hydrogens is 267 g/mol. The number of rotatable bonds is 2. The monoisotopic (exact) mass is 281 g/mol. The second-order valence-corrected chi connectivity index (χ2v) is 4.35. The van der Waals surface area contributed by atoms with Crippen molar-refractivity contribution in [1.82, 2.24) is 0 Å². The van der Waals surface area contributed by atoms with Crippen LogP contribution in [0.2, 0.25) is 0 Å². The van der Waals surface area contributed by atoms with Gasteiger partial charge in [0.1, 0.15) is 6.23 Å². The first-order chi connectivity index (χ1) is 9.41. The first-order valence-electron chi connectivity index (χ1n) is 6.08. The molecule has 0 saturated carbocycles. The Labute approximate surface area is 115 Å². The minimum absolute atomic E-state index is 0.497. The van der Waals surface area contributed by atoms with Crippen molar-refractivity contribution >= 4 is 5.69 Å². The molecule has 0 amide bonds. The average molecular weight is 281 g/mol. The predicted octanol–water partition coefficient (Wildman–Crippen LogP) is 3.86. The number of allylic oxidation sites excluding steroid dienone is 4. The molecule has 2 nitrogen and oxygen atoms in total. The summed E-state index contributed by atoms with van der Waals surface area (Å²) in [6.45, 7) is 1.86. The first-order valence-corrected chi connectivity index (χ1v) is 6.08. The highest BCUT2D eigenvalue weighted by Gasteiger charge is 2.30. The zero-order chi connectivity index (χ0) is 14.8. The number of anilines is 1. The molecule has 1 aromatic carbocycles. The van der Waals surface area contributed by atoms with Gasteiger partial charge in [0.25, 0.3) is 0 Å². The average Bonchev–Trinajstić information content (AvgIpc) is 2.40. The molecular formula is C15H14F3NO. The van der Waals surface area contributed by atoms with Crippen LogP contribution < -0.4 is 4.90 Å². The summed E-state index contributed by atoms with van der Waals surface area (Å²) in [6.07, 6.45) is 3.47. The van der Waals surface area contributed by atoms with Crippen molar-refractivity contribution < 1.29 is 18.3 Å². The van der Waals surface area contributed by atoms with Crippen LogP contribution in [0.1, 0.15) is 12.5 Å². The van der Waals surface area contributed by atoms with Crippen LogP contribution in [0, 0.1) is 0 Å². The highest BCUT2D eigenvalue weighted by molar-refractivity contribution is 5.55. The van der Waals surface area contributed by atoms with Crippen LogP contribution in [0.4, 0.5) is 18.9 Å². The Morgan fingerprint density at radius 2 is 1.85 bits per heavy atom. The Balaban J connectivity index is 2.29. The largest absolute Gasteiger partial charge is 0.416 e. The summed E-state index contributed by atoms with van der Waals surface area (Å²) in [5.41, 5.74) is 0.649. The van der Waals surface area contributed by atoms with E-state index in [4.69, 9.17) is 0 Å². The molecule has 1 atom stereocenters. The molecule has 0 aliphatic carbocycles. The van der Waals surface area contributed by atoms with Crippen LogP contribution in [0.25, 0.3) is 0 Å². The zero-order valence-corrected chi connectivity index (χ0v) is 10.8. The lowest BCUT2D eigenvalue weighted by molar-refractivity contribution is -0.137. The number of hydrogen-bond donors (Lipinski definition) is 1. The molecule has 1 N–H and O–H groups in total. The van der Waals surface area contributed by atoms with Crippen molar-refractivity contribution in [3.63, 3.8) is 0 Å². The van der Waals surface area contributed by atoms with Crippen molar-refractivity contribution in [2.75, 3.05) is 4.90 Å². The van der Waals surface area contributed by atoms with Gasteiger partial charge in [0, 0.05) is 11.9 Å². The zero-order valence-electron chi connectivity index (χ0n) is 10.8. The Morgan fingerprint density at radius 3 is 2.40 bits per heavy atom. The lowest BCUT2D eigenvalue weighted by Crippen LogP contribution is -2.30. The van der Waals surface area contributed by atoms with Crippen LogP contribution in [0.5, 0.6) is 0 Å². The molecule has 1 aliphatic rings. The SMILES string of the molecule is CC=CC1=CN(c2ccc(C(F)(F)F)cc2)C(O)C=C1. The second kappa shape index (κ2) is 5.54. The molecule has 20 heavy (non-hydrogen) atoms. The van der Waals surface area contributed by atoms with Gasteiger partial charge in [-0.15, -0.1) is 0 Å². The Bertz CT molecular complexity index is 555. The quantitative estimate of drug-likeness (QED) is 0.889. The van der Waals surface area contributed by atoms with Crippen molar-refractivity contribution in [1.29, 1.82) is 0 Å². The third-order valence-corrected chi connectivity index (χ3v) is 2.89. The first kappa shape index (κ1) is 14.4. The maximum atomic E-state index is 12.5. The van der Waals surface area contributed by atoms with E-state index in [0.717, 1.165) is 17.7 Å². The van der Waals surface area contributed by atoms with Crippen molar-refractivity contribution in [3.8, 4) is 0 Å². The molecule has 5 heteroatoms. The number of benzene rings is 1. The minimum atomic E-state index is -4.36. The van der Waals surface area contributed by atoms with Gasteiger partial charge >= 0.3 is 6.18 Å². The van der Waals surface area contributed by atoms with Crippen molar-refractivity contribution in [3.05, 3.63) is 65.9 Å². The number of alkyl halides is 3. The lowest BCUT2D eigenvalue weighted by atomic mass is 10.1. The minimum Gasteiger partial charge on any atom is -0.370 e. The van der Waals surface area contributed by atoms with Gasteiger partial charge in [-0.05, 0) is 42.8 Å². The van der Waals surface area contributed by atoms with Crippen molar-refractivity contribution in [2.45, 2.75) is 19.3 Å². The molecule has 1 unspecified atom stereocenters. The number of hydrogen-bond acceptors (Lipinski definition) is 2. The smallest absolute Gasteiger partial charge is 0.370 e. The highest BCUT2D eigenvalue weighted by Crippen LogP contribution is 2.31. The molecule has 0 bridgehead atoms. The van der Waals surface area contributed by atoms with Gasteiger partial charge < -0.3 is 10.0 Å². The highest BCUT2D eigenvalue weighted by atomic mass is 19.4. The summed E-state index contributed by atoms with van der Waals surface area (Å²) in [6, 6.07) is 4.69. The van der Waals surface area contributed by atoms with E-state index in [1.165, 1.54) is 17.0 Å². The topological polar surface area (TPSA) is 23.5 Å². The summed E-state index contributed by atoms with van der Waals surface area (Å²) in [4.78, 5) is 1.51. The molecule has 2 rings (SSSR count). The maximum absolute atomic E-state index is 12.5. The molecule has 0 aromatic heterocycles. The molecule has 0 saturated heterocycles. The molecule has 106 valence electrons. The summed E-state index contributed by atoms with van der Waals surface area (Å²) >= 11 is 0. The van der Waals surface area contributed by atoms with Crippen LogP contribution >= 0.6 is 0 Å². The molecule has 0 spiro atoms. The fourth-order valence-electron chi connectivity index (χ4n) is 1.91. The standard InChI is InChI=1S/C15H14F3NO/c1-2-3-11-4-9-14(20)19(10-11)13-7-5-12(6-8-13)15(16,17)18/h2-10,14,20H,1H3. The normalized spacial score (nSPS) is 19.6. The van der Waals surface area contributed by atoms with Gasteiger partial charge in [0.2, 0.25) is 0 Å². The summed E-state index contributed by atoms with van der Waals surface area (Å²) < 4.78 is 37.5. The Morgan fingerprint density at radius 1 is 1.20 bits per heavy atom. The maximum Gasteiger partial charge on any atom is 0.416 e. The Kier molecular flexibility index (Phi) is 3.99. The van der Waals surface area contributed by atoms with E-state index >= 15 is 0 Å². The van der Waals surface area contributed by atoms with Gasteiger partial charge in [-0.2, -0.15) is 13.2 Å². The fraction of sp³-hybridized carbons (Fsp3) is 0.200. The van der Waals surface area contributed by atoms with E-state index in [1.807, 2.05) is 19.1 Å². The van der Waals surface area contributed by atoms with Gasteiger partial charge in [0.15, 0.2) is 0 Å². The van der Waals surface area contributed by atoms with Gasteiger partial charge in [-0.3, -0.25) is 0 Å². The van der Waals surface area contributed by atoms with Crippen LogP contribution in [0.15, 0.2) is 60.3 Å². The molecule has 1 heterocycles. The molecule has 0 fully saturated rings. The van der Waals surface area contributed by atoms with E-state index in [1.54, 1.807) is 18.4 Å². The summed E-state index contributed by atoms with van der Waals surface area (Å²) in [5, 5.41) is 9.89. The van der Waals surface area contributed by atoms with E-state index in [9.17, 15) is 18.3 Å². The van der Waals surface area contributed by atoms with Gasteiger partial charge in [-0.1, -0.05) is 18.2 Å². The van der Waals surface area contributed by atoms with Crippen LogP contribution in [-0.2, 0) is 6.18 Å². The third-order valence-electron chi connectivity index (χ3n) is 2.89. The summed E-state index contributed by atoms with van der Waals surface area (Å²) in [5.74, 6) is 0.